The Morgan fingerprint density at radius 1 is 1.77 bits per heavy atom. The van der Waals surface area contributed by atoms with Crippen LogP contribution in [-0.2, 0) is 0 Å². The fourth-order valence-corrected chi connectivity index (χ4v) is 1.61. The van der Waals surface area contributed by atoms with Crippen LogP contribution in [0.25, 0.3) is 0 Å². The number of nitrogens with zero attached hydrogens (tertiary/aromatic N) is 2. The van der Waals surface area contributed by atoms with Gasteiger partial charge in [0.25, 0.3) is 0 Å². The van der Waals surface area contributed by atoms with E-state index in [0.717, 1.165) is 11.4 Å². The molecule has 1 heterocycles. The molecule has 4 nitrogen and oxygen atoms in total. The van der Waals surface area contributed by atoms with Crippen molar-refractivity contribution in [1.82, 2.24) is 4.37 Å². The largest absolute Gasteiger partial charge is 0.382 e. The van der Waals surface area contributed by atoms with Gasteiger partial charge in [-0.2, -0.15) is 9.64 Å². The Kier molecular flexibility index (Phi) is 3.09. The highest BCUT2D eigenvalue weighted by Crippen LogP contribution is 2.26. The monoisotopic (exact) mass is 196 g/mol. The van der Waals surface area contributed by atoms with Gasteiger partial charge in [0, 0.05) is 6.04 Å². The van der Waals surface area contributed by atoms with Crippen LogP contribution in [0, 0.1) is 11.3 Å². The number of anilines is 2. The zero-order valence-electron chi connectivity index (χ0n) is 7.66. The summed E-state index contributed by atoms with van der Waals surface area (Å²) >= 11 is 1.24. The van der Waals surface area contributed by atoms with Crippen molar-refractivity contribution in [3.63, 3.8) is 0 Å². The molecule has 0 spiro atoms. The number of nitrogens with one attached hydrogen (secondary N) is 1. The molecule has 0 aliphatic carbocycles. The normalized spacial score (nSPS) is 12.1. The van der Waals surface area contributed by atoms with Crippen LogP contribution in [0.5, 0.6) is 0 Å². The van der Waals surface area contributed by atoms with Gasteiger partial charge in [0.2, 0.25) is 0 Å². The molecule has 70 valence electrons. The fraction of sp³-hybridized carbons (Fsp3) is 0.500. The van der Waals surface area contributed by atoms with E-state index in [1.807, 2.05) is 6.07 Å². The van der Waals surface area contributed by atoms with Crippen LogP contribution in [0.3, 0.4) is 0 Å². The topological polar surface area (TPSA) is 74.7 Å². The van der Waals surface area contributed by atoms with Crippen molar-refractivity contribution in [1.29, 1.82) is 5.26 Å². The zero-order valence-corrected chi connectivity index (χ0v) is 8.48. The molecule has 0 radical (unpaired) electrons. The Labute approximate surface area is 81.5 Å². The number of hydrogen-bond donors (Lipinski definition) is 2. The summed E-state index contributed by atoms with van der Waals surface area (Å²) in [6, 6.07) is 2.37. The summed E-state index contributed by atoms with van der Waals surface area (Å²) < 4.78 is 3.91. The summed E-state index contributed by atoms with van der Waals surface area (Å²) in [5, 5.41) is 12.7. The quantitative estimate of drug-likeness (QED) is 0.773. The van der Waals surface area contributed by atoms with Gasteiger partial charge in [-0.1, -0.05) is 6.92 Å². The van der Waals surface area contributed by atoms with E-state index in [-0.39, 0.29) is 0 Å². The van der Waals surface area contributed by atoms with E-state index in [4.69, 9.17) is 11.0 Å². The molecule has 0 aromatic carbocycles. The first-order valence-electron chi connectivity index (χ1n) is 4.10. The number of rotatable bonds is 3. The van der Waals surface area contributed by atoms with Crippen LogP contribution in [0.15, 0.2) is 0 Å². The first-order chi connectivity index (χ1) is 6.19. The van der Waals surface area contributed by atoms with Crippen LogP contribution < -0.4 is 11.1 Å². The van der Waals surface area contributed by atoms with Crippen LogP contribution in [-0.4, -0.2) is 10.4 Å². The van der Waals surface area contributed by atoms with Crippen molar-refractivity contribution in [3.8, 4) is 6.07 Å². The molecule has 1 aromatic heterocycles. The first-order valence-corrected chi connectivity index (χ1v) is 4.88. The maximum atomic E-state index is 8.77. The highest BCUT2D eigenvalue weighted by atomic mass is 32.1. The summed E-state index contributed by atoms with van der Waals surface area (Å²) in [6.45, 7) is 4.13. The lowest BCUT2D eigenvalue weighted by Gasteiger charge is -2.09. The van der Waals surface area contributed by atoms with E-state index in [9.17, 15) is 0 Å². The molecule has 0 aliphatic rings. The fourth-order valence-electron chi connectivity index (χ4n) is 0.835. The molecule has 3 N–H and O–H groups in total. The van der Waals surface area contributed by atoms with E-state index >= 15 is 0 Å². The molecule has 13 heavy (non-hydrogen) atoms. The van der Waals surface area contributed by atoms with Gasteiger partial charge in [-0.25, -0.2) is 0 Å². The highest BCUT2D eigenvalue weighted by molar-refractivity contribution is 7.10. The maximum absolute atomic E-state index is 8.77. The summed E-state index contributed by atoms with van der Waals surface area (Å²) in [5.74, 6) is 0.318. The average molecular weight is 196 g/mol. The Bertz CT molecular complexity index is 325. The third-order valence-electron chi connectivity index (χ3n) is 1.82. The number of nitrogen functional groups attached to an aromatic ring is 1. The highest BCUT2D eigenvalue weighted by Gasteiger charge is 2.11. The molecule has 5 heteroatoms. The van der Waals surface area contributed by atoms with Crippen molar-refractivity contribution in [2.45, 2.75) is 26.3 Å². The minimum atomic E-state index is 0.318. The summed E-state index contributed by atoms with van der Waals surface area (Å²) in [4.78, 5) is 0. The lowest BCUT2D eigenvalue weighted by Crippen LogP contribution is -2.13. The van der Waals surface area contributed by atoms with Crippen molar-refractivity contribution in [2.75, 3.05) is 11.1 Å². The van der Waals surface area contributed by atoms with E-state index in [1.165, 1.54) is 11.5 Å². The molecule has 0 bridgehead atoms. The summed E-state index contributed by atoms with van der Waals surface area (Å²) in [6.07, 6.45) is 1.00. The molecule has 1 unspecified atom stereocenters. The van der Waals surface area contributed by atoms with Gasteiger partial charge in [0.1, 0.15) is 16.6 Å². The van der Waals surface area contributed by atoms with E-state index in [2.05, 4.69) is 23.5 Å². The first kappa shape index (κ1) is 9.81. The van der Waals surface area contributed by atoms with Crippen LogP contribution in [0.1, 0.15) is 25.8 Å². The Morgan fingerprint density at radius 3 is 3.00 bits per heavy atom. The van der Waals surface area contributed by atoms with Gasteiger partial charge in [0.15, 0.2) is 5.82 Å². The average Bonchev–Trinajstić information content (AvgIpc) is 2.46. The summed E-state index contributed by atoms with van der Waals surface area (Å²) in [5.41, 5.74) is 5.97. The Balaban J connectivity index is 2.84. The van der Waals surface area contributed by atoms with Gasteiger partial charge in [-0.05, 0) is 24.9 Å². The third-order valence-corrected chi connectivity index (χ3v) is 2.61. The Morgan fingerprint density at radius 2 is 2.46 bits per heavy atom. The van der Waals surface area contributed by atoms with Crippen molar-refractivity contribution < 1.29 is 0 Å². The predicted molar refractivity (Wildman–Crippen MR) is 54.6 cm³/mol. The second-order valence-corrected chi connectivity index (χ2v) is 3.61. The minimum absolute atomic E-state index is 0.318. The second-order valence-electron chi connectivity index (χ2n) is 2.84. The minimum Gasteiger partial charge on any atom is -0.382 e. The second kappa shape index (κ2) is 4.10. The molecular weight excluding hydrogens is 184 g/mol. The zero-order chi connectivity index (χ0) is 9.84. The molecule has 0 amide bonds. The standard InChI is InChI=1S/C8H12N4S/c1-3-5(2)11-8-6(4-9)7(10)12-13-8/h5,11H,3H2,1-2H3,(H2,10,12). The van der Waals surface area contributed by atoms with Crippen LogP contribution in [0.2, 0.25) is 0 Å². The molecular formula is C8H12N4S. The van der Waals surface area contributed by atoms with E-state index < -0.39 is 0 Å². The number of hydrogen-bond acceptors (Lipinski definition) is 5. The number of nitriles is 1. The molecule has 1 atom stereocenters. The smallest absolute Gasteiger partial charge is 0.157 e. The van der Waals surface area contributed by atoms with Crippen molar-refractivity contribution in [3.05, 3.63) is 5.56 Å². The van der Waals surface area contributed by atoms with Gasteiger partial charge in [-0.3, -0.25) is 0 Å². The van der Waals surface area contributed by atoms with Gasteiger partial charge in [0.05, 0.1) is 0 Å². The molecule has 0 saturated carbocycles. The number of nitrogens with two attached hydrogens (primary N) is 1. The van der Waals surface area contributed by atoms with Crippen molar-refractivity contribution >= 4 is 22.4 Å². The maximum Gasteiger partial charge on any atom is 0.157 e. The molecule has 1 rings (SSSR count). The molecule has 0 saturated heterocycles. The lowest BCUT2D eigenvalue weighted by molar-refractivity contribution is 0.766. The SMILES string of the molecule is CCC(C)Nc1snc(N)c1C#N. The van der Waals surface area contributed by atoms with Crippen LogP contribution >= 0.6 is 11.5 Å². The summed E-state index contributed by atoms with van der Waals surface area (Å²) in [7, 11) is 0. The van der Waals surface area contributed by atoms with Gasteiger partial charge in [-0.15, -0.1) is 0 Å². The van der Waals surface area contributed by atoms with Crippen molar-refractivity contribution in [2.24, 2.45) is 0 Å². The van der Waals surface area contributed by atoms with E-state index in [1.54, 1.807) is 0 Å². The molecule has 0 fully saturated rings. The van der Waals surface area contributed by atoms with Gasteiger partial charge < -0.3 is 11.1 Å². The third kappa shape index (κ3) is 2.10. The molecule has 0 aliphatic heterocycles. The number of aromatic nitrogens is 1. The predicted octanol–water partition coefficient (Wildman–Crippen LogP) is 1.81. The van der Waals surface area contributed by atoms with Gasteiger partial charge >= 0.3 is 0 Å². The Hall–Kier alpha value is -1.28. The van der Waals surface area contributed by atoms with Crippen LogP contribution in [0.4, 0.5) is 10.8 Å². The van der Waals surface area contributed by atoms with E-state index in [0.29, 0.717) is 17.4 Å². The molecule has 1 aromatic rings. The lowest BCUT2D eigenvalue weighted by atomic mass is 10.2.